The summed E-state index contributed by atoms with van der Waals surface area (Å²) in [6.07, 6.45) is 0. The Morgan fingerprint density at radius 3 is 2.89 bits per heavy atom. The van der Waals surface area contributed by atoms with Gasteiger partial charge in [-0.2, -0.15) is 15.0 Å². The monoisotopic (exact) mass is 342 g/mol. The molecule has 0 aliphatic rings. The van der Waals surface area contributed by atoms with Gasteiger partial charge in [-0.3, -0.25) is 0 Å². The quantitative estimate of drug-likeness (QED) is 0.902. The molecule has 2 aromatic rings. The lowest BCUT2D eigenvalue weighted by atomic mass is 10.2. The third-order valence-electron chi connectivity index (χ3n) is 2.20. The number of anilines is 1. The summed E-state index contributed by atoms with van der Waals surface area (Å²) in [6.45, 7) is 2.92. The number of nitrogens with zero attached hydrogens (tertiary/aromatic N) is 3. The van der Waals surface area contributed by atoms with Gasteiger partial charge in [-0.1, -0.05) is 28.1 Å². The van der Waals surface area contributed by atoms with Crippen LogP contribution in [0.15, 0.2) is 28.7 Å². The number of nitrogens with one attached hydrogen (secondary N) is 1. The average molecular weight is 344 g/mol. The molecule has 0 bridgehead atoms. The molecule has 0 aliphatic heterocycles. The van der Waals surface area contributed by atoms with E-state index in [2.05, 4.69) is 36.2 Å². The van der Waals surface area contributed by atoms with Gasteiger partial charge in [0.15, 0.2) is 0 Å². The summed E-state index contributed by atoms with van der Waals surface area (Å²) in [5.41, 5.74) is 1.10. The molecule has 1 aromatic heterocycles. The van der Waals surface area contributed by atoms with Crippen molar-refractivity contribution in [1.82, 2.24) is 15.0 Å². The van der Waals surface area contributed by atoms with Gasteiger partial charge in [-0.25, -0.2) is 0 Å². The van der Waals surface area contributed by atoms with E-state index < -0.39 is 0 Å². The summed E-state index contributed by atoms with van der Waals surface area (Å²) < 4.78 is 6.23. The van der Waals surface area contributed by atoms with E-state index in [-0.39, 0.29) is 11.3 Å². The van der Waals surface area contributed by atoms with Gasteiger partial charge in [0.1, 0.15) is 0 Å². The average Bonchev–Trinajstić information content (AvgIpc) is 2.36. The van der Waals surface area contributed by atoms with Crippen molar-refractivity contribution in [2.45, 2.75) is 13.5 Å². The van der Waals surface area contributed by atoms with Crippen LogP contribution in [0.4, 0.5) is 5.95 Å². The Bertz CT molecular complexity index is 567. The molecule has 0 aliphatic carbocycles. The third kappa shape index (κ3) is 4.33. The van der Waals surface area contributed by atoms with Gasteiger partial charge in [0.05, 0.1) is 6.61 Å². The second kappa shape index (κ2) is 6.68. The van der Waals surface area contributed by atoms with Crippen LogP contribution in [0, 0.1) is 0 Å². The molecular weight excluding hydrogens is 332 g/mol. The van der Waals surface area contributed by atoms with Crippen molar-refractivity contribution in [2.24, 2.45) is 0 Å². The predicted molar refractivity (Wildman–Crippen MR) is 77.5 cm³/mol. The predicted octanol–water partition coefficient (Wildman–Crippen LogP) is 3.30. The molecule has 19 heavy (non-hydrogen) atoms. The molecule has 0 spiro atoms. The molecule has 0 saturated carbocycles. The fourth-order valence-electron chi connectivity index (χ4n) is 1.43. The molecule has 0 unspecified atom stereocenters. The van der Waals surface area contributed by atoms with E-state index in [1.54, 1.807) is 0 Å². The van der Waals surface area contributed by atoms with Crippen LogP contribution in [-0.2, 0) is 6.54 Å². The molecule has 1 N–H and O–H groups in total. The molecule has 0 radical (unpaired) electrons. The van der Waals surface area contributed by atoms with Crippen LogP contribution in [-0.4, -0.2) is 21.6 Å². The first-order valence-electron chi connectivity index (χ1n) is 5.70. The molecule has 7 heteroatoms. The first-order valence-corrected chi connectivity index (χ1v) is 6.87. The zero-order valence-corrected chi connectivity index (χ0v) is 12.6. The summed E-state index contributed by atoms with van der Waals surface area (Å²) in [6, 6.07) is 8.17. The fourth-order valence-corrected chi connectivity index (χ4v) is 2.03. The summed E-state index contributed by atoms with van der Waals surface area (Å²) in [5, 5.41) is 3.19. The van der Waals surface area contributed by atoms with Crippen LogP contribution < -0.4 is 10.1 Å². The van der Waals surface area contributed by atoms with Crippen molar-refractivity contribution >= 4 is 33.5 Å². The van der Waals surface area contributed by atoms with Gasteiger partial charge in [0.25, 0.3) is 0 Å². The molecule has 1 heterocycles. The van der Waals surface area contributed by atoms with Crippen molar-refractivity contribution in [1.29, 1.82) is 0 Å². The lowest BCUT2D eigenvalue weighted by Gasteiger charge is -2.07. The number of benzene rings is 1. The Morgan fingerprint density at radius 2 is 2.16 bits per heavy atom. The highest BCUT2D eigenvalue weighted by Crippen LogP contribution is 2.14. The zero-order valence-electron chi connectivity index (χ0n) is 10.2. The van der Waals surface area contributed by atoms with Crippen molar-refractivity contribution in [3.63, 3.8) is 0 Å². The topological polar surface area (TPSA) is 59.9 Å². The number of hydrogen-bond donors (Lipinski definition) is 1. The van der Waals surface area contributed by atoms with Crippen LogP contribution in [0.3, 0.4) is 0 Å². The van der Waals surface area contributed by atoms with E-state index >= 15 is 0 Å². The van der Waals surface area contributed by atoms with Gasteiger partial charge in [-0.15, -0.1) is 0 Å². The first kappa shape index (κ1) is 14.0. The SMILES string of the molecule is CCOc1nc(Cl)nc(NCc2cccc(Br)c2)n1. The highest BCUT2D eigenvalue weighted by atomic mass is 79.9. The Hall–Kier alpha value is -1.40. The number of aromatic nitrogens is 3. The van der Waals surface area contributed by atoms with Crippen molar-refractivity contribution < 1.29 is 4.74 Å². The lowest BCUT2D eigenvalue weighted by Crippen LogP contribution is -2.07. The van der Waals surface area contributed by atoms with Crippen LogP contribution in [0.2, 0.25) is 5.28 Å². The van der Waals surface area contributed by atoms with E-state index in [9.17, 15) is 0 Å². The molecule has 0 fully saturated rings. The molecule has 0 saturated heterocycles. The van der Waals surface area contributed by atoms with Crippen molar-refractivity contribution in [3.05, 3.63) is 39.6 Å². The van der Waals surface area contributed by atoms with E-state index in [0.29, 0.717) is 19.1 Å². The Balaban J connectivity index is 2.06. The van der Waals surface area contributed by atoms with Gasteiger partial charge in [0, 0.05) is 11.0 Å². The molecule has 5 nitrogen and oxygen atoms in total. The maximum absolute atomic E-state index is 5.80. The van der Waals surface area contributed by atoms with Gasteiger partial charge in [0.2, 0.25) is 11.2 Å². The smallest absolute Gasteiger partial charge is 0.322 e. The van der Waals surface area contributed by atoms with Gasteiger partial charge < -0.3 is 10.1 Å². The molecular formula is C12H12BrClN4O. The standard InChI is InChI=1S/C12H12BrClN4O/c1-2-19-12-17-10(14)16-11(18-12)15-7-8-4-3-5-9(13)6-8/h3-6H,2,7H2,1H3,(H,15,16,17,18). The maximum Gasteiger partial charge on any atom is 0.322 e. The summed E-state index contributed by atoms with van der Waals surface area (Å²) in [5.74, 6) is 0.392. The van der Waals surface area contributed by atoms with Gasteiger partial charge in [-0.05, 0) is 36.2 Å². The molecule has 1 aromatic carbocycles. The Kier molecular flexibility index (Phi) is 4.93. The van der Waals surface area contributed by atoms with Gasteiger partial charge >= 0.3 is 6.01 Å². The fraction of sp³-hybridized carbons (Fsp3) is 0.250. The van der Waals surface area contributed by atoms with Crippen LogP contribution in [0.5, 0.6) is 6.01 Å². The summed E-state index contributed by atoms with van der Waals surface area (Å²) >= 11 is 9.22. The normalized spacial score (nSPS) is 10.3. The highest BCUT2D eigenvalue weighted by Gasteiger charge is 2.05. The Labute approximate surface area is 124 Å². The molecule has 100 valence electrons. The van der Waals surface area contributed by atoms with E-state index in [0.717, 1.165) is 10.0 Å². The second-order valence-corrected chi connectivity index (χ2v) is 4.88. The number of rotatable bonds is 5. The van der Waals surface area contributed by atoms with Crippen LogP contribution in [0.25, 0.3) is 0 Å². The summed E-state index contributed by atoms with van der Waals surface area (Å²) in [7, 11) is 0. The number of ether oxygens (including phenoxy) is 1. The minimum Gasteiger partial charge on any atom is -0.464 e. The van der Waals surface area contributed by atoms with Crippen LogP contribution in [0.1, 0.15) is 12.5 Å². The minimum absolute atomic E-state index is 0.107. The lowest BCUT2D eigenvalue weighted by molar-refractivity contribution is 0.312. The van der Waals surface area contributed by atoms with Crippen LogP contribution >= 0.6 is 27.5 Å². The molecule has 2 rings (SSSR count). The van der Waals surface area contributed by atoms with E-state index in [1.807, 2.05) is 31.2 Å². The summed E-state index contributed by atoms with van der Waals surface area (Å²) in [4.78, 5) is 12.0. The Morgan fingerprint density at radius 1 is 1.32 bits per heavy atom. The maximum atomic E-state index is 5.80. The number of hydrogen-bond acceptors (Lipinski definition) is 5. The second-order valence-electron chi connectivity index (χ2n) is 3.63. The van der Waals surface area contributed by atoms with Crippen molar-refractivity contribution in [2.75, 3.05) is 11.9 Å². The van der Waals surface area contributed by atoms with E-state index in [1.165, 1.54) is 0 Å². The van der Waals surface area contributed by atoms with E-state index in [4.69, 9.17) is 16.3 Å². The largest absolute Gasteiger partial charge is 0.464 e. The molecule has 0 atom stereocenters. The zero-order chi connectivity index (χ0) is 13.7. The first-order chi connectivity index (χ1) is 9.17. The number of halogens is 2. The minimum atomic E-state index is 0.107. The highest BCUT2D eigenvalue weighted by molar-refractivity contribution is 9.10. The van der Waals surface area contributed by atoms with Crippen molar-refractivity contribution in [3.8, 4) is 6.01 Å². The molecule has 0 amide bonds. The third-order valence-corrected chi connectivity index (χ3v) is 2.86.